The summed E-state index contributed by atoms with van der Waals surface area (Å²) in [5.74, 6) is 0.502. The van der Waals surface area contributed by atoms with Crippen molar-refractivity contribution in [2.24, 2.45) is 11.3 Å². The van der Waals surface area contributed by atoms with Gasteiger partial charge in [-0.25, -0.2) is 12.7 Å². The van der Waals surface area contributed by atoms with Crippen LogP contribution in [0.5, 0.6) is 0 Å². The molecule has 0 aromatic rings. The first-order valence-electron chi connectivity index (χ1n) is 7.38. The number of rotatable bonds is 2. The van der Waals surface area contributed by atoms with Gasteiger partial charge in [0, 0.05) is 5.41 Å². The second-order valence-electron chi connectivity index (χ2n) is 7.81. The van der Waals surface area contributed by atoms with Gasteiger partial charge >= 0.3 is 0 Å². The highest BCUT2D eigenvalue weighted by atomic mass is 32.2. The Morgan fingerprint density at radius 1 is 1.35 bits per heavy atom. The molecule has 2 bridgehead atoms. The first-order valence-corrected chi connectivity index (χ1v) is 12.6. The minimum Gasteiger partial charge on any atom is -0.269 e. The molecule has 0 aromatic carbocycles. The van der Waals surface area contributed by atoms with Crippen LogP contribution in [0, 0.1) is 11.3 Å². The fourth-order valence-electron chi connectivity index (χ4n) is 4.22. The third-order valence-corrected chi connectivity index (χ3v) is 8.15. The average Bonchev–Trinajstić information content (AvgIpc) is 2.87. The molecule has 1 saturated heterocycles. The molecule has 20 heavy (non-hydrogen) atoms. The SMILES string of the molecule is C[Si](C)(C)/C=C/C(=O)N1[C@@H]2C[C@H]3CC[C@@]2(C3)CS1(=O)=O. The molecule has 0 unspecified atom stereocenters. The van der Waals surface area contributed by atoms with Gasteiger partial charge in [-0.3, -0.25) is 4.79 Å². The normalized spacial score (nSPS) is 38.6. The molecule has 3 aliphatic rings. The van der Waals surface area contributed by atoms with E-state index in [1.54, 1.807) is 0 Å². The summed E-state index contributed by atoms with van der Waals surface area (Å²) in [6, 6.07) is -0.0648. The van der Waals surface area contributed by atoms with Crippen molar-refractivity contribution in [2.45, 2.75) is 51.4 Å². The Hall–Kier alpha value is -0.623. The predicted molar refractivity (Wildman–Crippen MR) is 81.3 cm³/mol. The molecule has 0 aromatic heterocycles. The Bertz CT molecular complexity index is 578. The summed E-state index contributed by atoms with van der Waals surface area (Å²) in [4.78, 5) is 12.4. The molecule has 2 aliphatic carbocycles. The van der Waals surface area contributed by atoms with E-state index in [9.17, 15) is 13.2 Å². The van der Waals surface area contributed by atoms with Gasteiger partial charge < -0.3 is 0 Å². The number of fused-ring (bicyclic) bond motifs is 1. The Kier molecular flexibility index (Phi) is 3.00. The van der Waals surface area contributed by atoms with Crippen LogP contribution in [0.25, 0.3) is 0 Å². The van der Waals surface area contributed by atoms with Gasteiger partial charge in [-0.2, -0.15) is 0 Å². The molecular weight excluding hydrogens is 290 g/mol. The van der Waals surface area contributed by atoms with Crippen molar-refractivity contribution in [3.05, 3.63) is 11.8 Å². The standard InChI is InChI=1S/C14H23NO3SSi/c1-20(2,3)7-5-13(16)15-12-8-11-4-6-14(12,9-11)10-19(15,17)18/h5,7,11-12H,4,6,8-10H2,1-3H3/b7-5+/t11-,12-,14-/m1/s1. The molecule has 1 amide bonds. The monoisotopic (exact) mass is 313 g/mol. The van der Waals surface area contributed by atoms with Crippen LogP contribution in [-0.4, -0.2) is 38.5 Å². The Morgan fingerprint density at radius 3 is 2.65 bits per heavy atom. The fraction of sp³-hybridized carbons (Fsp3) is 0.786. The highest BCUT2D eigenvalue weighted by molar-refractivity contribution is 7.90. The minimum absolute atomic E-state index is 0.0648. The third-order valence-electron chi connectivity index (χ3n) is 5.00. The number of carbonyl (C=O) groups excluding carboxylic acids is 1. The smallest absolute Gasteiger partial charge is 0.259 e. The van der Waals surface area contributed by atoms with E-state index in [1.807, 2.05) is 5.70 Å². The maximum Gasteiger partial charge on any atom is 0.259 e. The van der Waals surface area contributed by atoms with Gasteiger partial charge in [0.15, 0.2) is 0 Å². The van der Waals surface area contributed by atoms with Crippen LogP contribution in [0.2, 0.25) is 19.6 Å². The van der Waals surface area contributed by atoms with Crippen LogP contribution in [-0.2, 0) is 14.8 Å². The van der Waals surface area contributed by atoms with Crippen LogP contribution in [0.15, 0.2) is 11.8 Å². The van der Waals surface area contributed by atoms with Crippen molar-refractivity contribution in [1.29, 1.82) is 0 Å². The Balaban J connectivity index is 1.89. The molecule has 2 saturated carbocycles. The summed E-state index contributed by atoms with van der Waals surface area (Å²) in [6.07, 6.45) is 5.50. The number of hydrogen-bond donors (Lipinski definition) is 0. The van der Waals surface area contributed by atoms with Crippen molar-refractivity contribution in [2.75, 3.05) is 5.75 Å². The van der Waals surface area contributed by atoms with Gasteiger partial charge in [0.2, 0.25) is 10.0 Å². The zero-order chi connectivity index (χ0) is 14.8. The summed E-state index contributed by atoms with van der Waals surface area (Å²) < 4.78 is 26.0. The van der Waals surface area contributed by atoms with Gasteiger partial charge in [-0.1, -0.05) is 25.3 Å². The van der Waals surface area contributed by atoms with Crippen LogP contribution >= 0.6 is 0 Å². The minimum atomic E-state index is -3.41. The van der Waals surface area contributed by atoms with Gasteiger partial charge in [0.1, 0.15) is 0 Å². The van der Waals surface area contributed by atoms with Crippen LogP contribution in [0.1, 0.15) is 25.7 Å². The molecule has 1 heterocycles. The van der Waals surface area contributed by atoms with Gasteiger partial charge in [-0.15, -0.1) is 0 Å². The van der Waals surface area contributed by atoms with E-state index in [1.165, 1.54) is 10.4 Å². The molecule has 1 spiro atoms. The molecule has 6 heteroatoms. The maximum atomic E-state index is 12.4. The van der Waals surface area contributed by atoms with E-state index in [0.717, 1.165) is 25.7 Å². The molecule has 3 atom stereocenters. The summed E-state index contributed by atoms with van der Waals surface area (Å²) in [6.45, 7) is 6.40. The first kappa shape index (κ1) is 14.3. The van der Waals surface area contributed by atoms with Crippen molar-refractivity contribution >= 4 is 24.0 Å². The molecule has 3 rings (SSSR count). The van der Waals surface area contributed by atoms with E-state index in [2.05, 4.69) is 19.6 Å². The van der Waals surface area contributed by atoms with Crippen molar-refractivity contribution in [3.63, 3.8) is 0 Å². The topological polar surface area (TPSA) is 54.5 Å². The van der Waals surface area contributed by atoms with Crippen molar-refractivity contribution in [1.82, 2.24) is 4.31 Å². The average molecular weight is 313 g/mol. The maximum absolute atomic E-state index is 12.4. The number of amides is 1. The van der Waals surface area contributed by atoms with E-state index >= 15 is 0 Å². The number of sulfonamides is 1. The summed E-state index contributed by atoms with van der Waals surface area (Å²) in [7, 11) is -4.90. The lowest BCUT2D eigenvalue weighted by molar-refractivity contribution is -0.123. The van der Waals surface area contributed by atoms with E-state index < -0.39 is 18.1 Å². The largest absolute Gasteiger partial charge is 0.269 e. The molecule has 3 fully saturated rings. The first-order chi connectivity index (χ1) is 9.13. The second kappa shape index (κ2) is 4.19. The molecule has 0 radical (unpaired) electrons. The van der Waals surface area contributed by atoms with Crippen LogP contribution < -0.4 is 0 Å². The second-order valence-corrected chi connectivity index (χ2v) is 14.7. The zero-order valence-electron chi connectivity index (χ0n) is 12.4. The van der Waals surface area contributed by atoms with Gasteiger partial charge in [0.05, 0.1) is 19.9 Å². The molecule has 112 valence electrons. The number of hydrogen-bond acceptors (Lipinski definition) is 3. The van der Waals surface area contributed by atoms with Crippen molar-refractivity contribution in [3.8, 4) is 0 Å². The Labute approximate surface area is 122 Å². The predicted octanol–water partition coefficient (Wildman–Crippen LogP) is 2.15. The van der Waals surface area contributed by atoms with Crippen LogP contribution in [0.3, 0.4) is 0 Å². The number of nitrogens with zero attached hydrogens (tertiary/aromatic N) is 1. The third kappa shape index (κ3) is 2.17. The highest BCUT2D eigenvalue weighted by Crippen LogP contribution is 2.60. The lowest BCUT2D eigenvalue weighted by Crippen LogP contribution is -2.41. The zero-order valence-corrected chi connectivity index (χ0v) is 14.2. The lowest BCUT2D eigenvalue weighted by atomic mass is 9.82. The number of carbonyl (C=O) groups is 1. The van der Waals surface area contributed by atoms with E-state index in [0.29, 0.717) is 5.92 Å². The van der Waals surface area contributed by atoms with E-state index in [-0.39, 0.29) is 23.1 Å². The van der Waals surface area contributed by atoms with Gasteiger partial charge in [0.25, 0.3) is 5.91 Å². The van der Waals surface area contributed by atoms with Gasteiger partial charge in [-0.05, 0) is 37.7 Å². The van der Waals surface area contributed by atoms with Crippen molar-refractivity contribution < 1.29 is 13.2 Å². The fourth-order valence-corrected chi connectivity index (χ4v) is 7.22. The highest BCUT2D eigenvalue weighted by Gasteiger charge is 2.63. The molecule has 1 aliphatic heterocycles. The lowest BCUT2D eigenvalue weighted by Gasteiger charge is -2.30. The molecule has 4 nitrogen and oxygen atoms in total. The molecule has 0 N–H and O–H groups in total. The quantitative estimate of drug-likeness (QED) is 0.580. The summed E-state index contributed by atoms with van der Waals surface area (Å²) in [5, 5.41) is 0. The summed E-state index contributed by atoms with van der Waals surface area (Å²) >= 11 is 0. The summed E-state index contributed by atoms with van der Waals surface area (Å²) in [5.41, 5.74) is 1.81. The molecular formula is C14H23NO3SSi. The van der Waals surface area contributed by atoms with Crippen LogP contribution in [0.4, 0.5) is 0 Å². The Morgan fingerprint density at radius 2 is 2.05 bits per heavy atom. The van der Waals surface area contributed by atoms with E-state index in [4.69, 9.17) is 0 Å².